The second kappa shape index (κ2) is 11.0. The van der Waals surface area contributed by atoms with Gasteiger partial charge in [0.05, 0.1) is 13.2 Å². The van der Waals surface area contributed by atoms with Crippen molar-refractivity contribution in [3.05, 3.63) is 35.6 Å². The number of amides is 1. The molecule has 29 heavy (non-hydrogen) atoms. The predicted molar refractivity (Wildman–Crippen MR) is 123 cm³/mol. The zero-order valence-electron chi connectivity index (χ0n) is 17.2. The Morgan fingerprint density at radius 1 is 1.28 bits per heavy atom. The van der Waals surface area contributed by atoms with E-state index in [-0.39, 0.29) is 47.3 Å². The number of benzene rings is 1. The Kier molecular flexibility index (Phi) is 8.98. The zero-order valence-corrected chi connectivity index (χ0v) is 19.6. The fraction of sp³-hybridized carbons (Fsp3) is 0.619. The monoisotopic (exact) mass is 518 g/mol. The molecule has 1 saturated heterocycles. The number of carbonyl (C=O) groups is 1. The molecule has 2 aliphatic rings. The van der Waals surface area contributed by atoms with Gasteiger partial charge in [0.15, 0.2) is 5.96 Å². The highest BCUT2D eigenvalue weighted by Crippen LogP contribution is 2.49. The number of aliphatic imine (C=N–C) groups is 1. The molecule has 2 N–H and O–H groups in total. The lowest BCUT2D eigenvalue weighted by molar-refractivity contribution is 0.0963. The van der Waals surface area contributed by atoms with Gasteiger partial charge in [0.25, 0.3) is 0 Å². The van der Waals surface area contributed by atoms with Gasteiger partial charge in [-0.1, -0.05) is 18.2 Å². The van der Waals surface area contributed by atoms with E-state index in [1.54, 1.807) is 11.0 Å². The Morgan fingerprint density at radius 3 is 2.55 bits per heavy atom. The number of carbonyl (C=O) groups excluding carboxylic acids is 1. The van der Waals surface area contributed by atoms with Crippen LogP contribution in [-0.4, -0.2) is 55.8 Å². The third kappa shape index (κ3) is 6.20. The van der Waals surface area contributed by atoms with Crippen LogP contribution in [0.3, 0.4) is 0 Å². The van der Waals surface area contributed by atoms with Crippen LogP contribution in [0.15, 0.2) is 29.3 Å². The molecular formula is C21H32FIN4O2. The van der Waals surface area contributed by atoms with Crippen LogP contribution in [0, 0.1) is 5.82 Å². The lowest BCUT2D eigenvalue weighted by atomic mass is 9.95. The van der Waals surface area contributed by atoms with Gasteiger partial charge in [-0.05, 0) is 51.2 Å². The number of hydrogen-bond acceptors (Lipinski definition) is 3. The van der Waals surface area contributed by atoms with Gasteiger partial charge in [-0.15, -0.1) is 24.0 Å². The average Bonchev–Trinajstić information content (AvgIpc) is 3.48. The molecule has 6 nitrogen and oxygen atoms in total. The van der Waals surface area contributed by atoms with Crippen LogP contribution in [0.5, 0.6) is 0 Å². The molecule has 1 heterocycles. The highest BCUT2D eigenvalue weighted by molar-refractivity contribution is 14.0. The van der Waals surface area contributed by atoms with Crippen molar-refractivity contribution in [2.45, 2.75) is 51.0 Å². The first-order chi connectivity index (χ1) is 13.6. The second-order valence-corrected chi connectivity index (χ2v) is 7.56. The largest absolute Gasteiger partial charge is 0.450 e. The summed E-state index contributed by atoms with van der Waals surface area (Å²) in [7, 11) is 0. The molecule has 1 aliphatic heterocycles. The standard InChI is InChI=1S/C21H31FN4O2.HI/c1-3-23-19(25-16-9-13-26(14-10-16)20(27)28-4-2)24-15-21(11-12-21)17-7-5-6-8-18(17)22;/h5-8,16H,3-4,9-15H2,1-2H3,(H2,23,24,25);1H. The van der Waals surface area contributed by atoms with Gasteiger partial charge in [0.2, 0.25) is 0 Å². The minimum atomic E-state index is -0.234. The Bertz CT molecular complexity index is 704. The van der Waals surface area contributed by atoms with Gasteiger partial charge in [0, 0.05) is 31.1 Å². The van der Waals surface area contributed by atoms with Crippen LogP contribution in [0.4, 0.5) is 9.18 Å². The lowest BCUT2D eigenvalue weighted by Gasteiger charge is -2.32. The summed E-state index contributed by atoms with van der Waals surface area (Å²) in [6.07, 6.45) is 3.40. The summed E-state index contributed by atoms with van der Waals surface area (Å²) < 4.78 is 19.3. The Hall–Kier alpha value is -1.58. The highest BCUT2D eigenvalue weighted by atomic mass is 127. The van der Waals surface area contributed by atoms with E-state index in [1.165, 1.54) is 6.07 Å². The van der Waals surface area contributed by atoms with Crippen molar-refractivity contribution in [3.8, 4) is 0 Å². The number of rotatable bonds is 6. The summed E-state index contributed by atoms with van der Waals surface area (Å²) in [6, 6.07) is 7.28. The van der Waals surface area contributed by atoms with Crippen LogP contribution < -0.4 is 10.6 Å². The molecule has 0 aromatic heterocycles. The van der Waals surface area contributed by atoms with E-state index in [1.807, 2.05) is 26.0 Å². The summed E-state index contributed by atoms with van der Waals surface area (Å²) in [5, 5.41) is 6.77. The van der Waals surface area contributed by atoms with Crippen molar-refractivity contribution < 1.29 is 13.9 Å². The number of piperidine rings is 1. The Balaban J connectivity index is 0.00000300. The molecule has 1 aromatic carbocycles. The molecule has 1 saturated carbocycles. The van der Waals surface area contributed by atoms with E-state index in [0.29, 0.717) is 26.2 Å². The first-order valence-corrected chi connectivity index (χ1v) is 10.3. The first kappa shape index (κ1) is 23.7. The third-order valence-electron chi connectivity index (χ3n) is 5.54. The average molecular weight is 518 g/mol. The summed E-state index contributed by atoms with van der Waals surface area (Å²) in [4.78, 5) is 18.3. The fourth-order valence-corrected chi connectivity index (χ4v) is 3.72. The maximum absolute atomic E-state index is 14.2. The number of hydrogen-bond donors (Lipinski definition) is 2. The minimum Gasteiger partial charge on any atom is -0.450 e. The molecule has 8 heteroatoms. The molecule has 0 bridgehead atoms. The maximum atomic E-state index is 14.2. The van der Waals surface area contributed by atoms with E-state index in [2.05, 4.69) is 10.6 Å². The van der Waals surface area contributed by atoms with Gasteiger partial charge >= 0.3 is 6.09 Å². The van der Waals surface area contributed by atoms with E-state index < -0.39 is 0 Å². The van der Waals surface area contributed by atoms with E-state index in [4.69, 9.17) is 9.73 Å². The Labute approximate surface area is 189 Å². The number of likely N-dealkylation sites (tertiary alicyclic amines) is 1. The fourth-order valence-electron chi connectivity index (χ4n) is 3.72. The molecule has 1 amide bonds. The molecule has 162 valence electrons. The van der Waals surface area contributed by atoms with Crippen LogP contribution in [0.1, 0.15) is 45.1 Å². The quantitative estimate of drug-likeness (QED) is 0.343. The molecule has 0 radical (unpaired) electrons. The summed E-state index contributed by atoms with van der Waals surface area (Å²) in [5.74, 6) is 0.624. The molecule has 1 aliphatic carbocycles. The van der Waals surface area contributed by atoms with Gasteiger partial charge in [-0.3, -0.25) is 4.99 Å². The SMILES string of the molecule is CCNC(=NCC1(c2ccccc2F)CC1)NC1CCN(C(=O)OCC)CC1.I. The number of ether oxygens (including phenoxy) is 1. The molecule has 3 rings (SSSR count). The van der Waals surface area contributed by atoms with Crippen molar-refractivity contribution >= 4 is 36.0 Å². The van der Waals surface area contributed by atoms with E-state index in [9.17, 15) is 9.18 Å². The van der Waals surface area contributed by atoms with Gasteiger partial charge in [0.1, 0.15) is 5.82 Å². The minimum absolute atomic E-state index is 0. The number of guanidine groups is 1. The van der Waals surface area contributed by atoms with Crippen molar-refractivity contribution in [1.29, 1.82) is 0 Å². The van der Waals surface area contributed by atoms with Gasteiger partial charge in [-0.25, -0.2) is 9.18 Å². The molecule has 0 unspecified atom stereocenters. The first-order valence-electron chi connectivity index (χ1n) is 10.3. The van der Waals surface area contributed by atoms with Crippen LogP contribution in [0.25, 0.3) is 0 Å². The normalized spacial score (nSPS) is 18.6. The molecule has 1 aromatic rings. The smallest absolute Gasteiger partial charge is 0.409 e. The summed E-state index contributed by atoms with van der Waals surface area (Å²) in [5.41, 5.74) is 0.610. The van der Waals surface area contributed by atoms with Crippen LogP contribution >= 0.6 is 24.0 Å². The topological polar surface area (TPSA) is 66.0 Å². The van der Waals surface area contributed by atoms with Crippen molar-refractivity contribution in [3.63, 3.8) is 0 Å². The Morgan fingerprint density at radius 2 is 1.97 bits per heavy atom. The van der Waals surface area contributed by atoms with Crippen LogP contribution in [-0.2, 0) is 10.2 Å². The summed E-state index contributed by atoms with van der Waals surface area (Å²) >= 11 is 0. The highest BCUT2D eigenvalue weighted by Gasteiger charge is 2.45. The molecule has 0 atom stereocenters. The van der Waals surface area contributed by atoms with Gasteiger partial charge < -0.3 is 20.3 Å². The molecular weight excluding hydrogens is 486 g/mol. The lowest BCUT2D eigenvalue weighted by Crippen LogP contribution is -2.50. The van der Waals surface area contributed by atoms with Crippen LogP contribution in [0.2, 0.25) is 0 Å². The zero-order chi connectivity index (χ0) is 20.0. The summed E-state index contributed by atoms with van der Waals surface area (Å²) in [6.45, 7) is 6.94. The number of nitrogens with zero attached hydrogens (tertiary/aromatic N) is 2. The molecule has 2 fully saturated rings. The third-order valence-corrected chi connectivity index (χ3v) is 5.54. The number of halogens is 2. The van der Waals surface area contributed by atoms with Crippen molar-refractivity contribution in [2.24, 2.45) is 4.99 Å². The van der Waals surface area contributed by atoms with Crippen molar-refractivity contribution in [1.82, 2.24) is 15.5 Å². The van der Waals surface area contributed by atoms with E-state index >= 15 is 0 Å². The number of nitrogens with one attached hydrogen (secondary N) is 2. The van der Waals surface area contributed by atoms with E-state index in [0.717, 1.165) is 43.8 Å². The maximum Gasteiger partial charge on any atom is 0.409 e. The predicted octanol–water partition coefficient (Wildman–Crippen LogP) is 3.65. The molecule has 0 spiro atoms. The van der Waals surface area contributed by atoms with Gasteiger partial charge in [-0.2, -0.15) is 0 Å². The van der Waals surface area contributed by atoms with Crippen molar-refractivity contribution in [2.75, 3.05) is 32.8 Å². The second-order valence-electron chi connectivity index (χ2n) is 7.56.